The molecule has 1 aromatic carbocycles. The number of hydrogen-bond donors (Lipinski definition) is 1. The molecule has 2 aromatic rings. The molecule has 2 unspecified atom stereocenters. The SMILES string of the molecule is CC1CN(Cc2cn(C)nn2)C(c2ccccc2)CN1. The molecule has 2 atom stereocenters. The molecular weight excluding hydrogens is 250 g/mol. The van der Waals surface area contributed by atoms with E-state index in [1.54, 1.807) is 4.68 Å². The highest BCUT2D eigenvalue weighted by Crippen LogP contribution is 2.24. The normalized spacial score (nSPS) is 23.9. The van der Waals surface area contributed by atoms with E-state index in [4.69, 9.17) is 0 Å². The van der Waals surface area contributed by atoms with Crippen molar-refractivity contribution in [3.8, 4) is 0 Å². The van der Waals surface area contributed by atoms with Crippen LogP contribution in [0.1, 0.15) is 24.2 Å². The van der Waals surface area contributed by atoms with E-state index in [2.05, 4.69) is 57.8 Å². The summed E-state index contributed by atoms with van der Waals surface area (Å²) in [4.78, 5) is 2.49. The fourth-order valence-corrected chi connectivity index (χ4v) is 2.84. The molecule has 0 radical (unpaired) electrons. The predicted octanol–water partition coefficient (Wildman–Crippen LogP) is 1.35. The number of rotatable bonds is 3. The van der Waals surface area contributed by atoms with Gasteiger partial charge in [-0.15, -0.1) is 5.10 Å². The maximum atomic E-state index is 4.21. The Labute approximate surface area is 119 Å². The summed E-state index contributed by atoms with van der Waals surface area (Å²) < 4.78 is 1.76. The molecule has 106 valence electrons. The number of nitrogens with one attached hydrogen (secondary N) is 1. The second kappa shape index (κ2) is 5.73. The van der Waals surface area contributed by atoms with Crippen LogP contribution in [0, 0.1) is 0 Å². The number of nitrogens with zero attached hydrogens (tertiary/aromatic N) is 4. The number of aryl methyl sites for hydroxylation is 1. The lowest BCUT2D eigenvalue weighted by Gasteiger charge is -2.39. The van der Waals surface area contributed by atoms with Crippen LogP contribution in [-0.2, 0) is 13.6 Å². The first-order chi connectivity index (χ1) is 9.72. The molecule has 1 aromatic heterocycles. The predicted molar refractivity (Wildman–Crippen MR) is 78.1 cm³/mol. The number of aromatic nitrogens is 3. The fraction of sp³-hybridized carbons (Fsp3) is 0.467. The van der Waals surface area contributed by atoms with Crippen LogP contribution in [0.25, 0.3) is 0 Å². The fourth-order valence-electron chi connectivity index (χ4n) is 2.84. The highest BCUT2D eigenvalue weighted by atomic mass is 15.4. The second-order valence-corrected chi connectivity index (χ2v) is 5.55. The summed E-state index contributed by atoms with van der Waals surface area (Å²) in [7, 11) is 1.91. The smallest absolute Gasteiger partial charge is 0.0967 e. The summed E-state index contributed by atoms with van der Waals surface area (Å²) in [5, 5.41) is 11.8. The van der Waals surface area contributed by atoms with Crippen molar-refractivity contribution in [2.24, 2.45) is 7.05 Å². The molecular formula is C15H21N5. The van der Waals surface area contributed by atoms with E-state index >= 15 is 0 Å². The van der Waals surface area contributed by atoms with Gasteiger partial charge in [0, 0.05) is 45.0 Å². The Hall–Kier alpha value is -1.72. The molecule has 3 rings (SSSR count). The minimum absolute atomic E-state index is 0.398. The highest BCUT2D eigenvalue weighted by molar-refractivity contribution is 5.20. The van der Waals surface area contributed by atoms with Crippen molar-refractivity contribution in [3.05, 3.63) is 47.8 Å². The minimum Gasteiger partial charge on any atom is -0.311 e. The Bertz CT molecular complexity index is 550. The number of hydrogen-bond acceptors (Lipinski definition) is 4. The lowest BCUT2D eigenvalue weighted by atomic mass is 10.0. The highest BCUT2D eigenvalue weighted by Gasteiger charge is 2.27. The molecule has 0 saturated carbocycles. The third-order valence-corrected chi connectivity index (χ3v) is 3.81. The number of piperazine rings is 1. The van der Waals surface area contributed by atoms with Crippen LogP contribution < -0.4 is 5.32 Å². The van der Waals surface area contributed by atoms with E-state index in [-0.39, 0.29) is 0 Å². The quantitative estimate of drug-likeness (QED) is 0.915. The maximum Gasteiger partial charge on any atom is 0.0967 e. The molecule has 1 aliphatic heterocycles. The van der Waals surface area contributed by atoms with E-state index < -0.39 is 0 Å². The van der Waals surface area contributed by atoms with Gasteiger partial charge in [-0.3, -0.25) is 9.58 Å². The van der Waals surface area contributed by atoms with Crippen molar-refractivity contribution in [1.82, 2.24) is 25.2 Å². The zero-order valence-electron chi connectivity index (χ0n) is 12.0. The van der Waals surface area contributed by atoms with Gasteiger partial charge in [0.05, 0.1) is 5.69 Å². The molecule has 0 spiro atoms. The maximum absolute atomic E-state index is 4.21. The molecule has 5 nitrogen and oxygen atoms in total. The number of benzene rings is 1. The monoisotopic (exact) mass is 271 g/mol. The van der Waals surface area contributed by atoms with E-state index in [0.717, 1.165) is 25.3 Å². The first kappa shape index (κ1) is 13.3. The minimum atomic E-state index is 0.398. The molecule has 5 heteroatoms. The topological polar surface area (TPSA) is 46.0 Å². The van der Waals surface area contributed by atoms with Crippen LogP contribution in [0.4, 0.5) is 0 Å². The third-order valence-electron chi connectivity index (χ3n) is 3.81. The van der Waals surface area contributed by atoms with Gasteiger partial charge in [0.25, 0.3) is 0 Å². The zero-order valence-corrected chi connectivity index (χ0v) is 12.0. The largest absolute Gasteiger partial charge is 0.311 e. The summed E-state index contributed by atoms with van der Waals surface area (Å²) in [5.74, 6) is 0. The van der Waals surface area contributed by atoms with Crippen molar-refractivity contribution in [2.75, 3.05) is 13.1 Å². The van der Waals surface area contributed by atoms with Crippen LogP contribution >= 0.6 is 0 Å². The van der Waals surface area contributed by atoms with Gasteiger partial charge in [0.2, 0.25) is 0 Å². The second-order valence-electron chi connectivity index (χ2n) is 5.55. The van der Waals surface area contributed by atoms with Gasteiger partial charge < -0.3 is 5.32 Å². The first-order valence-corrected chi connectivity index (χ1v) is 7.10. The van der Waals surface area contributed by atoms with Crippen molar-refractivity contribution in [1.29, 1.82) is 0 Å². The van der Waals surface area contributed by atoms with Crippen molar-refractivity contribution < 1.29 is 0 Å². The Morgan fingerprint density at radius 3 is 2.80 bits per heavy atom. The molecule has 0 aliphatic carbocycles. The van der Waals surface area contributed by atoms with Gasteiger partial charge in [0.1, 0.15) is 0 Å². The summed E-state index contributed by atoms with van der Waals surface area (Å²) >= 11 is 0. The average Bonchev–Trinajstić information content (AvgIpc) is 2.85. The summed E-state index contributed by atoms with van der Waals surface area (Å²) in [5.41, 5.74) is 2.39. The Morgan fingerprint density at radius 1 is 1.30 bits per heavy atom. The Morgan fingerprint density at radius 2 is 2.10 bits per heavy atom. The lowest BCUT2D eigenvalue weighted by molar-refractivity contribution is 0.126. The van der Waals surface area contributed by atoms with Gasteiger partial charge in [-0.05, 0) is 12.5 Å². The summed E-state index contributed by atoms with van der Waals surface area (Å²) in [6.07, 6.45) is 1.99. The molecule has 1 fully saturated rings. The Balaban J connectivity index is 1.80. The molecule has 1 aliphatic rings. The van der Waals surface area contributed by atoms with Crippen LogP contribution in [0.5, 0.6) is 0 Å². The molecule has 0 bridgehead atoms. The average molecular weight is 271 g/mol. The molecule has 1 N–H and O–H groups in total. The van der Waals surface area contributed by atoms with Gasteiger partial charge in [0.15, 0.2) is 0 Å². The zero-order chi connectivity index (χ0) is 13.9. The molecule has 20 heavy (non-hydrogen) atoms. The van der Waals surface area contributed by atoms with E-state index in [1.165, 1.54) is 5.56 Å². The van der Waals surface area contributed by atoms with Crippen LogP contribution in [0.2, 0.25) is 0 Å². The summed E-state index contributed by atoms with van der Waals surface area (Å²) in [6, 6.07) is 11.6. The van der Waals surface area contributed by atoms with E-state index in [0.29, 0.717) is 12.1 Å². The van der Waals surface area contributed by atoms with Gasteiger partial charge in [-0.25, -0.2) is 0 Å². The van der Waals surface area contributed by atoms with Crippen molar-refractivity contribution in [2.45, 2.75) is 25.6 Å². The van der Waals surface area contributed by atoms with Gasteiger partial charge in [-0.2, -0.15) is 0 Å². The van der Waals surface area contributed by atoms with Crippen molar-refractivity contribution in [3.63, 3.8) is 0 Å². The van der Waals surface area contributed by atoms with E-state index in [1.807, 2.05) is 13.2 Å². The van der Waals surface area contributed by atoms with Gasteiger partial charge >= 0.3 is 0 Å². The van der Waals surface area contributed by atoms with Crippen LogP contribution in [-0.4, -0.2) is 39.0 Å². The molecule has 2 heterocycles. The van der Waals surface area contributed by atoms with Crippen LogP contribution in [0.3, 0.4) is 0 Å². The molecule has 1 saturated heterocycles. The Kier molecular flexibility index (Phi) is 3.80. The van der Waals surface area contributed by atoms with Crippen LogP contribution in [0.15, 0.2) is 36.5 Å². The van der Waals surface area contributed by atoms with Crippen molar-refractivity contribution >= 4 is 0 Å². The molecule has 0 amide bonds. The summed E-state index contributed by atoms with van der Waals surface area (Å²) in [6.45, 7) is 5.08. The third kappa shape index (κ3) is 2.89. The van der Waals surface area contributed by atoms with E-state index in [9.17, 15) is 0 Å². The lowest BCUT2D eigenvalue weighted by Crippen LogP contribution is -2.50. The van der Waals surface area contributed by atoms with Gasteiger partial charge in [-0.1, -0.05) is 35.5 Å². The first-order valence-electron chi connectivity index (χ1n) is 7.10. The standard InChI is InChI=1S/C15H21N5/c1-12-9-20(11-14-10-19(2)18-17-14)15(8-16-12)13-6-4-3-5-7-13/h3-7,10,12,15-16H,8-9,11H2,1-2H3.